The Kier molecular flexibility index (Phi) is 6.28. The Bertz CT molecular complexity index is 407. The fraction of sp³-hybridized carbons (Fsp3) is 0.750. The summed E-state index contributed by atoms with van der Waals surface area (Å²) in [6, 6.07) is 0.0524. The van der Waals surface area contributed by atoms with Crippen LogP contribution in [-0.4, -0.2) is 48.7 Å². The molecule has 1 aromatic rings. The average molecular weight is 295 g/mol. The van der Waals surface area contributed by atoms with Gasteiger partial charge in [-0.05, 0) is 13.8 Å². The highest BCUT2D eigenvalue weighted by atomic mass is 19.4. The number of imidazole rings is 1. The highest BCUT2D eigenvalue weighted by Gasteiger charge is 2.27. The van der Waals surface area contributed by atoms with Crippen LogP contribution in [0.5, 0.6) is 0 Å². The second-order valence-corrected chi connectivity index (χ2v) is 4.57. The third-order valence-corrected chi connectivity index (χ3v) is 2.43. The lowest BCUT2D eigenvalue weighted by Gasteiger charge is -2.15. The number of hydrogen-bond acceptors (Lipinski definition) is 4. The Morgan fingerprint density at radius 2 is 2.15 bits per heavy atom. The normalized spacial score (nSPS) is 13.5. The molecule has 0 spiro atoms. The molecule has 20 heavy (non-hydrogen) atoms. The van der Waals surface area contributed by atoms with Crippen molar-refractivity contribution in [3.63, 3.8) is 0 Å². The SMILES string of the molecule is COCC(C)Nc1nc(C)cn1CCOCC(F)(F)F. The van der Waals surface area contributed by atoms with E-state index >= 15 is 0 Å². The van der Waals surface area contributed by atoms with Crippen molar-refractivity contribution in [2.45, 2.75) is 32.6 Å². The molecular formula is C12H20F3N3O2. The van der Waals surface area contributed by atoms with Crippen molar-refractivity contribution in [1.82, 2.24) is 9.55 Å². The predicted molar refractivity (Wildman–Crippen MR) is 68.8 cm³/mol. The van der Waals surface area contributed by atoms with Crippen LogP contribution in [0.3, 0.4) is 0 Å². The third kappa shape index (κ3) is 6.25. The number of aryl methyl sites for hydroxylation is 1. The predicted octanol–water partition coefficient (Wildman–Crippen LogP) is 2.22. The van der Waals surface area contributed by atoms with Crippen molar-refractivity contribution < 1.29 is 22.6 Å². The molecule has 0 aromatic carbocycles. The van der Waals surface area contributed by atoms with E-state index in [2.05, 4.69) is 15.0 Å². The van der Waals surface area contributed by atoms with Gasteiger partial charge >= 0.3 is 6.18 Å². The number of ether oxygens (including phenoxy) is 2. The molecule has 0 aliphatic rings. The number of aromatic nitrogens is 2. The zero-order chi connectivity index (χ0) is 15.2. The molecular weight excluding hydrogens is 275 g/mol. The molecule has 0 fully saturated rings. The van der Waals surface area contributed by atoms with Gasteiger partial charge in [-0.2, -0.15) is 13.2 Å². The molecule has 8 heteroatoms. The summed E-state index contributed by atoms with van der Waals surface area (Å²) in [6.07, 6.45) is -2.53. The molecule has 0 aliphatic heterocycles. The van der Waals surface area contributed by atoms with Gasteiger partial charge in [0, 0.05) is 25.9 Å². The Morgan fingerprint density at radius 3 is 2.75 bits per heavy atom. The van der Waals surface area contributed by atoms with Gasteiger partial charge in [-0.3, -0.25) is 0 Å². The molecule has 0 amide bonds. The molecule has 0 aliphatic carbocycles. The van der Waals surface area contributed by atoms with E-state index < -0.39 is 12.8 Å². The maximum Gasteiger partial charge on any atom is 0.411 e. The minimum absolute atomic E-state index is 0.0252. The summed E-state index contributed by atoms with van der Waals surface area (Å²) >= 11 is 0. The highest BCUT2D eigenvalue weighted by Crippen LogP contribution is 2.15. The molecule has 1 N–H and O–H groups in total. The topological polar surface area (TPSA) is 48.3 Å². The van der Waals surface area contributed by atoms with E-state index in [1.54, 1.807) is 17.9 Å². The molecule has 0 radical (unpaired) electrons. The summed E-state index contributed by atoms with van der Waals surface area (Å²) in [6.45, 7) is 3.30. The minimum Gasteiger partial charge on any atom is -0.383 e. The Balaban J connectivity index is 2.48. The van der Waals surface area contributed by atoms with E-state index in [4.69, 9.17) is 4.74 Å². The van der Waals surface area contributed by atoms with Crippen molar-refractivity contribution in [3.8, 4) is 0 Å². The fourth-order valence-electron chi connectivity index (χ4n) is 1.70. The Hall–Kier alpha value is -1.28. The molecule has 0 bridgehead atoms. The monoisotopic (exact) mass is 295 g/mol. The van der Waals surface area contributed by atoms with E-state index in [9.17, 15) is 13.2 Å². The smallest absolute Gasteiger partial charge is 0.383 e. The molecule has 116 valence electrons. The quantitative estimate of drug-likeness (QED) is 0.747. The third-order valence-electron chi connectivity index (χ3n) is 2.43. The first-order valence-corrected chi connectivity index (χ1v) is 6.25. The van der Waals surface area contributed by atoms with Crippen molar-refractivity contribution in [1.29, 1.82) is 0 Å². The van der Waals surface area contributed by atoms with Gasteiger partial charge in [0.15, 0.2) is 0 Å². The molecule has 1 aromatic heterocycles. The molecule has 0 saturated heterocycles. The van der Waals surface area contributed by atoms with Crippen molar-refractivity contribution in [2.24, 2.45) is 0 Å². The summed E-state index contributed by atoms with van der Waals surface area (Å²) in [5, 5.41) is 3.14. The number of hydrogen-bond donors (Lipinski definition) is 1. The number of nitrogens with zero attached hydrogens (tertiary/aromatic N) is 2. The van der Waals surface area contributed by atoms with E-state index in [0.29, 0.717) is 19.1 Å². The zero-order valence-corrected chi connectivity index (χ0v) is 11.8. The van der Waals surface area contributed by atoms with E-state index in [-0.39, 0.29) is 12.6 Å². The molecule has 1 unspecified atom stereocenters. The maximum absolute atomic E-state index is 12.0. The molecule has 5 nitrogen and oxygen atoms in total. The summed E-state index contributed by atoms with van der Waals surface area (Å²) in [7, 11) is 1.60. The zero-order valence-electron chi connectivity index (χ0n) is 11.8. The lowest BCUT2D eigenvalue weighted by molar-refractivity contribution is -0.174. The standard InChI is InChI=1S/C12H20F3N3O2/c1-9-6-18(4-5-20-8-12(13,14)15)11(16-9)17-10(2)7-19-3/h6,10H,4-5,7-8H2,1-3H3,(H,16,17). The Morgan fingerprint density at radius 1 is 1.45 bits per heavy atom. The van der Waals surface area contributed by atoms with Gasteiger partial charge in [-0.15, -0.1) is 0 Å². The number of methoxy groups -OCH3 is 1. The summed E-state index contributed by atoms with van der Waals surface area (Å²) < 4.78 is 47.2. The van der Waals surface area contributed by atoms with Gasteiger partial charge in [-0.1, -0.05) is 0 Å². The van der Waals surface area contributed by atoms with E-state index in [1.165, 1.54) is 0 Å². The maximum atomic E-state index is 12.0. The van der Waals surface area contributed by atoms with Crippen molar-refractivity contribution in [3.05, 3.63) is 11.9 Å². The van der Waals surface area contributed by atoms with E-state index in [0.717, 1.165) is 5.69 Å². The summed E-state index contributed by atoms with van der Waals surface area (Å²) in [4.78, 5) is 4.28. The van der Waals surface area contributed by atoms with Crippen LogP contribution < -0.4 is 5.32 Å². The van der Waals surface area contributed by atoms with Crippen LogP contribution in [0.4, 0.5) is 19.1 Å². The second-order valence-electron chi connectivity index (χ2n) is 4.57. The number of anilines is 1. The lowest BCUT2D eigenvalue weighted by atomic mass is 10.4. The minimum atomic E-state index is -4.29. The highest BCUT2D eigenvalue weighted by molar-refractivity contribution is 5.30. The molecule has 0 saturated carbocycles. The van der Waals surface area contributed by atoms with Crippen LogP contribution in [0.25, 0.3) is 0 Å². The van der Waals surface area contributed by atoms with Gasteiger partial charge in [0.05, 0.1) is 18.9 Å². The molecule has 1 heterocycles. The molecule has 1 rings (SSSR count). The fourth-order valence-corrected chi connectivity index (χ4v) is 1.70. The van der Waals surface area contributed by atoms with Gasteiger partial charge < -0.3 is 19.4 Å². The number of alkyl halides is 3. The first-order valence-electron chi connectivity index (χ1n) is 6.25. The van der Waals surface area contributed by atoms with Crippen LogP contribution in [-0.2, 0) is 16.0 Å². The van der Waals surface area contributed by atoms with Gasteiger partial charge in [-0.25, -0.2) is 4.98 Å². The molecule has 1 atom stereocenters. The number of rotatable bonds is 8. The van der Waals surface area contributed by atoms with Crippen molar-refractivity contribution in [2.75, 3.05) is 32.2 Å². The van der Waals surface area contributed by atoms with Gasteiger partial charge in [0.1, 0.15) is 6.61 Å². The van der Waals surface area contributed by atoms with Crippen LogP contribution in [0.2, 0.25) is 0 Å². The first kappa shape index (κ1) is 16.8. The second kappa shape index (κ2) is 7.49. The largest absolute Gasteiger partial charge is 0.411 e. The van der Waals surface area contributed by atoms with Crippen LogP contribution >= 0.6 is 0 Å². The summed E-state index contributed by atoms with van der Waals surface area (Å²) in [5.74, 6) is 0.600. The van der Waals surface area contributed by atoms with E-state index in [1.807, 2.05) is 13.8 Å². The van der Waals surface area contributed by atoms with Crippen molar-refractivity contribution >= 4 is 5.95 Å². The van der Waals surface area contributed by atoms with Crippen LogP contribution in [0.15, 0.2) is 6.20 Å². The first-order chi connectivity index (χ1) is 9.31. The Labute approximate surface area is 116 Å². The van der Waals surface area contributed by atoms with Gasteiger partial charge in [0.2, 0.25) is 5.95 Å². The lowest BCUT2D eigenvalue weighted by Crippen LogP contribution is -2.24. The van der Waals surface area contributed by atoms with Gasteiger partial charge in [0.25, 0.3) is 0 Å². The summed E-state index contributed by atoms with van der Waals surface area (Å²) in [5.41, 5.74) is 0.785. The number of halogens is 3. The number of nitrogens with one attached hydrogen (secondary N) is 1. The van der Waals surface area contributed by atoms with Crippen LogP contribution in [0, 0.1) is 6.92 Å². The average Bonchev–Trinajstić information content (AvgIpc) is 2.64. The van der Waals surface area contributed by atoms with Crippen LogP contribution in [0.1, 0.15) is 12.6 Å².